The summed E-state index contributed by atoms with van der Waals surface area (Å²) in [7, 11) is 0. The fraction of sp³-hybridized carbons (Fsp3) is 0.556. The van der Waals surface area contributed by atoms with E-state index >= 15 is 0 Å². The van der Waals surface area contributed by atoms with Crippen LogP contribution in [-0.4, -0.2) is 21.8 Å². The van der Waals surface area contributed by atoms with E-state index in [1.807, 2.05) is 12.1 Å². The van der Waals surface area contributed by atoms with Crippen molar-refractivity contribution < 1.29 is 10.2 Å². The highest BCUT2D eigenvalue weighted by molar-refractivity contribution is 5.11. The average Bonchev–Trinajstić information content (AvgIpc) is 2.53. The Morgan fingerprint density at radius 2 is 2.33 bits per heavy atom. The molecule has 0 bridgehead atoms. The lowest BCUT2D eigenvalue weighted by Crippen LogP contribution is -2.21. The highest BCUT2D eigenvalue weighted by Gasteiger charge is 2.22. The van der Waals surface area contributed by atoms with Crippen LogP contribution in [0.1, 0.15) is 25.5 Å². The third-order valence-corrected chi connectivity index (χ3v) is 2.00. The van der Waals surface area contributed by atoms with E-state index in [9.17, 15) is 5.11 Å². The van der Waals surface area contributed by atoms with Gasteiger partial charge in [0.05, 0.1) is 0 Å². The van der Waals surface area contributed by atoms with E-state index in [2.05, 4.69) is 4.98 Å². The topological polar surface area (TPSA) is 56.2 Å². The van der Waals surface area contributed by atoms with Crippen LogP contribution < -0.4 is 0 Å². The van der Waals surface area contributed by atoms with Gasteiger partial charge < -0.3 is 15.2 Å². The van der Waals surface area contributed by atoms with Gasteiger partial charge in [0.2, 0.25) is 0 Å². The van der Waals surface area contributed by atoms with Crippen molar-refractivity contribution in [2.24, 2.45) is 0 Å². The van der Waals surface area contributed by atoms with Crippen LogP contribution in [0.15, 0.2) is 18.3 Å². The SMILES string of the molecule is CC(O)(CCCO)c1ccc[nH]1. The molecule has 0 fully saturated rings. The van der Waals surface area contributed by atoms with E-state index in [1.165, 1.54) is 0 Å². The van der Waals surface area contributed by atoms with E-state index < -0.39 is 5.60 Å². The Labute approximate surface area is 72.1 Å². The van der Waals surface area contributed by atoms with Gasteiger partial charge in [0.15, 0.2) is 0 Å². The first-order valence-electron chi connectivity index (χ1n) is 4.14. The number of aromatic amines is 1. The molecule has 1 heterocycles. The Bertz CT molecular complexity index is 216. The number of hydrogen-bond donors (Lipinski definition) is 3. The van der Waals surface area contributed by atoms with E-state index in [0.29, 0.717) is 12.8 Å². The highest BCUT2D eigenvalue weighted by Crippen LogP contribution is 2.23. The molecule has 0 saturated carbocycles. The van der Waals surface area contributed by atoms with Crippen LogP contribution in [0.3, 0.4) is 0 Å². The second-order valence-electron chi connectivity index (χ2n) is 3.18. The van der Waals surface area contributed by atoms with Gasteiger partial charge in [-0.05, 0) is 31.9 Å². The Hall–Kier alpha value is -0.800. The van der Waals surface area contributed by atoms with Crippen molar-refractivity contribution in [3.05, 3.63) is 24.0 Å². The molecule has 3 N–H and O–H groups in total. The zero-order valence-electron chi connectivity index (χ0n) is 7.25. The summed E-state index contributed by atoms with van der Waals surface area (Å²) in [5.74, 6) is 0. The van der Waals surface area contributed by atoms with Gasteiger partial charge in [-0.2, -0.15) is 0 Å². The molecular weight excluding hydrogens is 154 g/mol. The molecule has 0 aliphatic rings. The summed E-state index contributed by atoms with van der Waals surface area (Å²) in [6.07, 6.45) is 2.97. The molecule has 1 atom stereocenters. The van der Waals surface area contributed by atoms with Crippen molar-refractivity contribution in [3.8, 4) is 0 Å². The molecule has 0 aliphatic heterocycles. The number of aromatic nitrogens is 1. The number of aliphatic hydroxyl groups is 2. The maximum atomic E-state index is 9.86. The summed E-state index contributed by atoms with van der Waals surface area (Å²) in [6, 6.07) is 3.69. The Morgan fingerprint density at radius 1 is 1.58 bits per heavy atom. The van der Waals surface area contributed by atoms with Gasteiger partial charge in [-0.3, -0.25) is 0 Å². The Kier molecular flexibility index (Phi) is 2.89. The molecule has 0 saturated heterocycles. The molecular formula is C9H15NO2. The standard InChI is InChI=1S/C9H15NO2/c1-9(12,5-3-7-11)8-4-2-6-10-8/h2,4,6,10-12H,3,5,7H2,1H3. The van der Waals surface area contributed by atoms with E-state index in [0.717, 1.165) is 5.69 Å². The molecule has 0 amide bonds. The van der Waals surface area contributed by atoms with Gasteiger partial charge in [-0.1, -0.05) is 0 Å². The molecule has 68 valence electrons. The van der Waals surface area contributed by atoms with Crippen LogP contribution in [0.25, 0.3) is 0 Å². The number of H-pyrrole nitrogens is 1. The van der Waals surface area contributed by atoms with Gasteiger partial charge in [0.25, 0.3) is 0 Å². The van der Waals surface area contributed by atoms with Gasteiger partial charge >= 0.3 is 0 Å². The third kappa shape index (κ3) is 2.09. The van der Waals surface area contributed by atoms with Crippen LogP contribution in [0, 0.1) is 0 Å². The molecule has 0 radical (unpaired) electrons. The van der Waals surface area contributed by atoms with Crippen molar-refractivity contribution in [2.75, 3.05) is 6.61 Å². The van der Waals surface area contributed by atoms with Crippen LogP contribution in [-0.2, 0) is 5.60 Å². The summed E-state index contributed by atoms with van der Waals surface area (Å²) < 4.78 is 0. The van der Waals surface area contributed by atoms with E-state index in [4.69, 9.17) is 5.11 Å². The monoisotopic (exact) mass is 169 g/mol. The zero-order valence-corrected chi connectivity index (χ0v) is 7.25. The summed E-state index contributed by atoms with van der Waals surface area (Å²) in [6.45, 7) is 1.87. The fourth-order valence-corrected chi connectivity index (χ4v) is 1.22. The van der Waals surface area contributed by atoms with Crippen molar-refractivity contribution in [1.82, 2.24) is 4.98 Å². The molecule has 0 spiro atoms. The molecule has 1 aromatic rings. The Balaban J connectivity index is 2.59. The first kappa shape index (κ1) is 9.29. The highest BCUT2D eigenvalue weighted by atomic mass is 16.3. The van der Waals surface area contributed by atoms with Gasteiger partial charge in [-0.25, -0.2) is 0 Å². The second-order valence-corrected chi connectivity index (χ2v) is 3.18. The number of nitrogens with one attached hydrogen (secondary N) is 1. The fourth-order valence-electron chi connectivity index (χ4n) is 1.22. The molecule has 1 aromatic heterocycles. The van der Waals surface area contributed by atoms with Gasteiger partial charge in [0, 0.05) is 18.5 Å². The van der Waals surface area contributed by atoms with Gasteiger partial charge in [0.1, 0.15) is 5.60 Å². The predicted molar refractivity (Wildman–Crippen MR) is 46.7 cm³/mol. The maximum Gasteiger partial charge on any atom is 0.102 e. The summed E-state index contributed by atoms with van der Waals surface area (Å²) in [5.41, 5.74) is -0.0392. The second kappa shape index (κ2) is 3.74. The van der Waals surface area contributed by atoms with Crippen LogP contribution in [0.2, 0.25) is 0 Å². The van der Waals surface area contributed by atoms with Crippen LogP contribution >= 0.6 is 0 Å². The minimum Gasteiger partial charge on any atom is -0.396 e. The lowest BCUT2D eigenvalue weighted by molar-refractivity contribution is 0.0366. The molecule has 12 heavy (non-hydrogen) atoms. The van der Waals surface area contributed by atoms with Gasteiger partial charge in [-0.15, -0.1) is 0 Å². The van der Waals surface area contributed by atoms with Crippen LogP contribution in [0.4, 0.5) is 0 Å². The molecule has 0 aromatic carbocycles. The van der Waals surface area contributed by atoms with Crippen molar-refractivity contribution in [2.45, 2.75) is 25.4 Å². The first-order valence-corrected chi connectivity index (χ1v) is 4.14. The summed E-state index contributed by atoms with van der Waals surface area (Å²) in [4.78, 5) is 2.95. The minimum atomic E-state index is -0.841. The van der Waals surface area contributed by atoms with E-state index in [1.54, 1.807) is 13.1 Å². The third-order valence-electron chi connectivity index (χ3n) is 2.00. The molecule has 1 rings (SSSR count). The molecule has 3 heteroatoms. The maximum absolute atomic E-state index is 9.86. The smallest absolute Gasteiger partial charge is 0.102 e. The normalized spacial score (nSPS) is 15.9. The van der Waals surface area contributed by atoms with E-state index in [-0.39, 0.29) is 6.61 Å². The van der Waals surface area contributed by atoms with Crippen molar-refractivity contribution >= 4 is 0 Å². The molecule has 1 unspecified atom stereocenters. The quantitative estimate of drug-likeness (QED) is 0.629. The largest absolute Gasteiger partial charge is 0.396 e. The zero-order chi connectivity index (χ0) is 9.03. The first-order chi connectivity index (χ1) is 5.67. The van der Waals surface area contributed by atoms with Crippen molar-refractivity contribution in [1.29, 1.82) is 0 Å². The van der Waals surface area contributed by atoms with Crippen LogP contribution in [0.5, 0.6) is 0 Å². The lowest BCUT2D eigenvalue weighted by Gasteiger charge is -2.21. The lowest BCUT2D eigenvalue weighted by atomic mass is 9.97. The summed E-state index contributed by atoms with van der Waals surface area (Å²) in [5, 5.41) is 18.5. The molecule has 3 nitrogen and oxygen atoms in total. The number of rotatable bonds is 4. The minimum absolute atomic E-state index is 0.122. The Morgan fingerprint density at radius 3 is 2.83 bits per heavy atom. The molecule has 0 aliphatic carbocycles. The number of hydrogen-bond acceptors (Lipinski definition) is 2. The average molecular weight is 169 g/mol. The number of aliphatic hydroxyl groups excluding tert-OH is 1. The summed E-state index contributed by atoms with van der Waals surface area (Å²) >= 11 is 0. The predicted octanol–water partition coefficient (Wildman–Crippen LogP) is 0.995. The van der Waals surface area contributed by atoms with Crippen molar-refractivity contribution in [3.63, 3.8) is 0 Å².